The molecule has 0 amide bonds. The lowest BCUT2D eigenvalue weighted by Gasteiger charge is -2.33. The molecule has 0 aromatic heterocycles. The van der Waals surface area contributed by atoms with Crippen molar-refractivity contribution >= 4 is 15.9 Å². The van der Waals surface area contributed by atoms with Gasteiger partial charge in [0.15, 0.2) is 0 Å². The monoisotopic (exact) mass is 248 g/mol. The molecule has 78 valence electrons. The summed E-state index contributed by atoms with van der Waals surface area (Å²) in [6.45, 7) is 3.22. The third-order valence-corrected chi connectivity index (χ3v) is 3.45. The first-order valence-corrected chi connectivity index (χ1v) is 6.59. The van der Waals surface area contributed by atoms with Crippen molar-refractivity contribution < 1.29 is 4.74 Å². The maximum Gasteiger partial charge on any atom is 0.0654 e. The Bertz CT molecular complexity index is 130. The van der Waals surface area contributed by atoms with Crippen LogP contribution in [0, 0.1) is 0 Å². The largest absolute Gasteiger partial charge is 0.375 e. The molecule has 0 heterocycles. The van der Waals surface area contributed by atoms with Gasteiger partial charge in [-0.25, -0.2) is 0 Å². The van der Waals surface area contributed by atoms with Crippen molar-refractivity contribution in [1.29, 1.82) is 0 Å². The zero-order valence-electron chi connectivity index (χ0n) is 8.65. The molecule has 1 saturated carbocycles. The third-order valence-electron chi connectivity index (χ3n) is 2.89. The van der Waals surface area contributed by atoms with Gasteiger partial charge in [0.2, 0.25) is 0 Å². The fraction of sp³-hybridized carbons (Fsp3) is 1.00. The van der Waals surface area contributed by atoms with Crippen LogP contribution in [0.5, 0.6) is 0 Å². The highest BCUT2D eigenvalue weighted by Gasteiger charge is 2.26. The molecule has 0 aromatic carbocycles. The summed E-state index contributed by atoms with van der Waals surface area (Å²) >= 11 is 3.43. The van der Waals surface area contributed by atoms with Crippen LogP contribution in [0.25, 0.3) is 0 Å². The first-order valence-electron chi connectivity index (χ1n) is 5.47. The van der Waals surface area contributed by atoms with Gasteiger partial charge in [-0.15, -0.1) is 0 Å². The average Bonchev–Trinajstić information content (AvgIpc) is 2.14. The number of ether oxygens (including phenoxy) is 1. The lowest BCUT2D eigenvalue weighted by Crippen LogP contribution is -2.31. The number of hydrogen-bond donors (Lipinski definition) is 0. The van der Waals surface area contributed by atoms with E-state index in [1.807, 2.05) is 0 Å². The highest BCUT2D eigenvalue weighted by molar-refractivity contribution is 9.09. The van der Waals surface area contributed by atoms with E-state index in [1.165, 1.54) is 44.9 Å². The Morgan fingerprint density at radius 1 is 1.15 bits per heavy atom. The van der Waals surface area contributed by atoms with Gasteiger partial charge in [-0.05, 0) is 32.6 Å². The minimum Gasteiger partial charge on any atom is -0.375 e. The summed E-state index contributed by atoms with van der Waals surface area (Å²) in [6.07, 6.45) is 9.07. The number of alkyl halides is 1. The Morgan fingerprint density at radius 2 is 1.85 bits per heavy atom. The molecule has 0 aromatic rings. The molecule has 0 spiro atoms. The van der Waals surface area contributed by atoms with Crippen molar-refractivity contribution in [2.24, 2.45) is 0 Å². The van der Waals surface area contributed by atoms with Crippen LogP contribution in [-0.2, 0) is 4.74 Å². The molecule has 13 heavy (non-hydrogen) atoms. The molecule has 1 aliphatic rings. The summed E-state index contributed by atoms with van der Waals surface area (Å²) in [4.78, 5) is 0. The zero-order chi connectivity index (χ0) is 9.57. The van der Waals surface area contributed by atoms with Crippen molar-refractivity contribution in [1.82, 2.24) is 0 Å². The van der Waals surface area contributed by atoms with Gasteiger partial charge >= 0.3 is 0 Å². The molecule has 0 atom stereocenters. The highest BCUT2D eigenvalue weighted by Crippen LogP contribution is 2.31. The first kappa shape index (κ1) is 11.5. The predicted octanol–water partition coefficient (Wildman–Crippen LogP) is 3.90. The summed E-state index contributed by atoms with van der Waals surface area (Å²) in [5.74, 6) is 0. The Balaban J connectivity index is 2.10. The van der Waals surface area contributed by atoms with Gasteiger partial charge in [-0.3, -0.25) is 0 Å². The van der Waals surface area contributed by atoms with E-state index in [0.717, 1.165) is 11.9 Å². The fourth-order valence-electron chi connectivity index (χ4n) is 1.96. The van der Waals surface area contributed by atoms with Crippen molar-refractivity contribution in [2.75, 3.05) is 11.9 Å². The Hall–Kier alpha value is 0.440. The summed E-state index contributed by atoms with van der Waals surface area (Å²) < 4.78 is 5.95. The second-order valence-electron chi connectivity index (χ2n) is 4.26. The smallest absolute Gasteiger partial charge is 0.0654 e. The normalized spacial score (nSPS) is 21.7. The SMILES string of the molecule is CC1(OCCCCBr)CCCCC1. The van der Waals surface area contributed by atoms with Crippen LogP contribution >= 0.6 is 15.9 Å². The van der Waals surface area contributed by atoms with Gasteiger partial charge in [-0.1, -0.05) is 35.2 Å². The number of hydrogen-bond acceptors (Lipinski definition) is 1. The summed E-state index contributed by atoms with van der Waals surface area (Å²) in [5.41, 5.74) is 0.213. The van der Waals surface area contributed by atoms with Gasteiger partial charge < -0.3 is 4.74 Å². The van der Waals surface area contributed by atoms with E-state index in [0.29, 0.717) is 0 Å². The Morgan fingerprint density at radius 3 is 2.46 bits per heavy atom. The van der Waals surface area contributed by atoms with Crippen molar-refractivity contribution in [2.45, 2.75) is 57.5 Å². The molecule has 1 nitrogen and oxygen atoms in total. The van der Waals surface area contributed by atoms with E-state index in [4.69, 9.17) is 4.74 Å². The zero-order valence-corrected chi connectivity index (χ0v) is 10.2. The molecule has 0 N–H and O–H groups in total. The Kier molecular flexibility index (Phi) is 5.34. The molecular weight excluding hydrogens is 228 g/mol. The molecule has 2 heteroatoms. The maximum atomic E-state index is 5.95. The minimum absolute atomic E-state index is 0.213. The van der Waals surface area contributed by atoms with E-state index in [9.17, 15) is 0 Å². The Labute approximate surface area is 90.4 Å². The topological polar surface area (TPSA) is 9.23 Å². The van der Waals surface area contributed by atoms with Crippen LogP contribution in [0.1, 0.15) is 51.9 Å². The third kappa shape index (κ3) is 4.46. The second kappa shape index (κ2) is 6.02. The van der Waals surface area contributed by atoms with Crippen LogP contribution in [0.2, 0.25) is 0 Å². The molecular formula is C11H21BrO. The van der Waals surface area contributed by atoms with E-state index in [2.05, 4.69) is 22.9 Å². The molecule has 0 unspecified atom stereocenters. The van der Waals surface area contributed by atoms with Gasteiger partial charge in [0.25, 0.3) is 0 Å². The quantitative estimate of drug-likeness (QED) is 0.530. The summed E-state index contributed by atoms with van der Waals surface area (Å²) in [5, 5.41) is 1.10. The lowest BCUT2D eigenvalue weighted by atomic mass is 9.86. The second-order valence-corrected chi connectivity index (χ2v) is 5.05. The maximum absolute atomic E-state index is 5.95. The van der Waals surface area contributed by atoms with Crippen molar-refractivity contribution in [3.05, 3.63) is 0 Å². The van der Waals surface area contributed by atoms with Crippen LogP contribution in [0.3, 0.4) is 0 Å². The number of halogens is 1. The van der Waals surface area contributed by atoms with Crippen LogP contribution in [-0.4, -0.2) is 17.5 Å². The molecule has 0 radical (unpaired) electrons. The molecule has 0 saturated heterocycles. The van der Waals surface area contributed by atoms with Gasteiger partial charge in [0.1, 0.15) is 0 Å². The molecule has 0 bridgehead atoms. The molecule has 0 aliphatic heterocycles. The molecule has 1 fully saturated rings. The van der Waals surface area contributed by atoms with E-state index >= 15 is 0 Å². The van der Waals surface area contributed by atoms with Crippen molar-refractivity contribution in [3.63, 3.8) is 0 Å². The van der Waals surface area contributed by atoms with Crippen LogP contribution < -0.4 is 0 Å². The van der Waals surface area contributed by atoms with E-state index in [1.54, 1.807) is 0 Å². The number of unbranched alkanes of at least 4 members (excludes halogenated alkanes) is 1. The van der Waals surface area contributed by atoms with Gasteiger partial charge in [0.05, 0.1) is 5.60 Å². The predicted molar refractivity (Wildman–Crippen MR) is 60.5 cm³/mol. The van der Waals surface area contributed by atoms with E-state index < -0.39 is 0 Å². The van der Waals surface area contributed by atoms with E-state index in [-0.39, 0.29) is 5.60 Å². The van der Waals surface area contributed by atoms with Crippen molar-refractivity contribution in [3.8, 4) is 0 Å². The van der Waals surface area contributed by atoms with Gasteiger partial charge in [-0.2, -0.15) is 0 Å². The average molecular weight is 249 g/mol. The van der Waals surface area contributed by atoms with Crippen LogP contribution in [0.15, 0.2) is 0 Å². The van der Waals surface area contributed by atoms with Gasteiger partial charge in [0, 0.05) is 11.9 Å². The van der Waals surface area contributed by atoms with Crippen LogP contribution in [0.4, 0.5) is 0 Å². The first-order chi connectivity index (χ1) is 6.27. The summed E-state index contributed by atoms with van der Waals surface area (Å²) in [6, 6.07) is 0. The molecule has 1 rings (SSSR count). The minimum atomic E-state index is 0.213. The summed E-state index contributed by atoms with van der Waals surface area (Å²) in [7, 11) is 0. The standard InChI is InChI=1S/C11H21BrO/c1-11(7-3-2-4-8-11)13-10-6-5-9-12/h2-10H2,1H3. The number of rotatable bonds is 5. The lowest BCUT2D eigenvalue weighted by molar-refractivity contribution is -0.0569. The molecule has 1 aliphatic carbocycles. The fourth-order valence-corrected chi connectivity index (χ4v) is 2.36. The highest BCUT2D eigenvalue weighted by atomic mass is 79.9.